The molecule has 1 N–H and O–H groups in total. The molecule has 0 saturated carbocycles. The Hall–Kier alpha value is -1.68. The van der Waals surface area contributed by atoms with E-state index in [-0.39, 0.29) is 11.9 Å². The van der Waals surface area contributed by atoms with Crippen molar-refractivity contribution < 1.29 is 4.39 Å². The smallest absolute Gasteiger partial charge is 0.126 e. The predicted octanol–water partition coefficient (Wildman–Crippen LogP) is 2.84. The topological polar surface area (TPSA) is 29.9 Å². The van der Waals surface area contributed by atoms with E-state index in [1.807, 2.05) is 29.9 Å². The van der Waals surface area contributed by atoms with Crippen molar-refractivity contribution in [2.24, 2.45) is 7.05 Å². The van der Waals surface area contributed by atoms with Crippen LogP contribution in [0.2, 0.25) is 0 Å². The average Bonchev–Trinajstić information content (AvgIpc) is 2.83. The van der Waals surface area contributed by atoms with Gasteiger partial charge in [0.15, 0.2) is 0 Å². The van der Waals surface area contributed by atoms with Gasteiger partial charge in [-0.15, -0.1) is 0 Å². The maximum Gasteiger partial charge on any atom is 0.126 e. The summed E-state index contributed by atoms with van der Waals surface area (Å²) in [6.07, 6.45) is 3.45. The fourth-order valence-corrected chi connectivity index (χ4v) is 2.21. The van der Waals surface area contributed by atoms with Crippen molar-refractivity contribution in [1.82, 2.24) is 15.1 Å². The first kappa shape index (κ1) is 13.7. The molecule has 0 aliphatic carbocycles. The fraction of sp³-hybridized carbons (Fsp3) is 0.400. The molecule has 0 aliphatic heterocycles. The summed E-state index contributed by atoms with van der Waals surface area (Å²) in [6.45, 7) is 3.03. The molecule has 3 nitrogen and oxygen atoms in total. The first-order valence-electron chi connectivity index (χ1n) is 6.67. The minimum Gasteiger partial charge on any atom is -0.308 e. The van der Waals surface area contributed by atoms with Crippen LogP contribution in [0.4, 0.5) is 4.39 Å². The highest BCUT2D eigenvalue weighted by Gasteiger charge is 2.16. The largest absolute Gasteiger partial charge is 0.308 e. The summed E-state index contributed by atoms with van der Waals surface area (Å²) in [5.74, 6) is -0.145. The number of halogens is 1. The maximum absolute atomic E-state index is 13.8. The molecular weight excluding hydrogens is 241 g/mol. The van der Waals surface area contributed by atoms with Gasteiger partial charge in [-0.2, -0.15) is 5.10 Å². The van der Waals surface area contributed by atoms with Crippen LogP contribution in [0.3, 0.4) is 0 Å². The molecule has 0 bridgehead atoms. The summed E-state index contributed by atoms with van der Waals surface area (Å²) in [5.41, 5.74) is 1.81. The number of benzene rings is 1. The van der Waals surface area contributed by atoms with Crippen LogP contribution in [0.15, 0.2) is 36.5 Å². The van der Waals surface area contributed by atoms with Gasteiger partial charge < -0.3 is 5.32 Å². The second-order valence-corrected chi connectivity index (χ2v) is 4.68. The van der Waals surface area contributed by atoms with Crippen LogP contribution in [0.1, 0.15) is 30.6 Å². The van der Waals surface area contributed by atoms with Gasteiger partial charge in [-0.1, -0.05) is 25.1 Å². The Labute approximate surface area is 113 Å². The Morgan fingerprint density at radius 1 is 1.32 bits per heavy atom. The third-order valence-electron chi connectivity index (χ3n) is 3.24. The lowest BCUT2D eigenvalue weighted by molar-refractivity contribution is 0.483. The average molecular weight is 261 g/mol. The number of aromatic nitrogens is 2. The van der Waals surface area contributed by atoms with E-state index in [0.717, 1.165) is 24.2 Å². The fourth-order valence-electron chi connectivity index (χ4n) is 2.21. The molecule has 1 aromatic carbocycles. The van der Waals surface area contributed by atoms with Crippen LogP contribution in [0.25, 0.3) is 0 Å². The highest BCUT2D eigenvalue weighted by atomic mass is 19.1. The highest BCUT2D eigenvalue weighted by Crippen LogP contribution is 2.19. The molecule has 0 spiro atoms. The van der Waals surface area contributed by atoms with Gasteiger partial charge in [0.25, 0.3) is 0 Å². The Morgan fingerprint density at radius 2 is 2.11 bits per heavy atom. The van der Waals surface area contributed by atoms with E-state index in [0.29, 0.717) is 6.42 Å². The van der Waals surface area contributed by atoms with Gasteiger partial charge in [-0.25, -0.2) is 4.39 Å². The van der Waals surface area contributed by atoms with E-state index >= 15 is 0 Å². The van der Waals surface area contributed by atoms with Crippen LogP contribution in [-0.4, -0.2) is 16.3 Å². The highest BCUT2D eigenvalue weighted by molar-refractivity contribution is 5.21. The summed E-state index contributed by atoms with van der Waals surface area (Å²) in [7, 11) is 1.91. The molecule has 0 radical (unpaired) electrons. The molecule has 2 rings (SSSR count). The summed E-state index contributed by atoms with van der Waals surface area (Å²) in [4.78, 5) is 0. The summed E-state index contributed by atoms with van der Waals surface area (Å²) >= 11 is 0. The Bertz CT molecular complexity index is 522. The molecule has 4 heteroatoms. The van der Waals surface area contributed by atoms with Crippen LogP contribution >= 0.6 is 0 Å². The van der Waals surface area contributed by atoms with Gasteiger partial charge >= 0.3 is 0 Å². The molecule has 0 aliphatic rings. The predicted molar refractivity (Wildman–Crippen MR) is 74.3 cm³/mol. The number of hydrogen-bond donors (Lipinski definition) is 1. The Morgan fingerprint density at radius 3 is 2.74 bits per heavy atom. The van der Waals surface area contributed by atoms with E-state index in [9.17, 15) is 4.39 Å². The normalized spacial score (nSPS) is 12.6. The molecule has 102 valence electrons. The third kappa shape index (κ3) is 3.41. The monoisotopic (exact) mass is 261 g/mol. The first-order valence-corrected chi connectivity index (χ1v) is 6.67. The SMILES string of the molecule is CCCNC(Cc1ccccc1F)c1ccnn1C. The van der Waals surface area contributed by atoms with E-state index < -0.39 is 0 Å². The second kappa shape index (κ2) is 6.48. The minimum absolute atomic E-state index is 0.0874. The van der Waals surface area contributed by atoms with Crippen LogP contribution < -0.4 is 5.32 Å². The van der Waals surface area contributed by atoms with Crippen LogP contribution in [0, 0.1) is 5.82 Å². The molecule has 1 aromatic heterocycles. The molecule has 1 unspecified atom stereocenters. The zero-order valence-corrected chi connectivity index (χ0v) is 11.4. The molecular formula is C15H20FN3. The third-order valence-corrected chi connectivity index (χ3v) is 3.24. The lowest BCUT2D eigenvalue weighted by Crippen LogP contribution is -2.26. The molecule has 1 heterocycles. The molecule has 1 atom stereocenters. The van der Waals surface area contributed by atoms with E-state index in [4.69, 9.17) is 0 Å². The van der Waals surface area contributed by atoms with Crippen molar-refractivity contribution in [1.29, 1.82) is 0 Å². The van der Waals surface area contributed by atoms with Gasteiger partial charge in [-0.3, -0.25) is 4.68 Å². The van der Waals surface area contributed by atoms with Gasteiger partial charge in [0.1, 0.15) is 5.82 Å². The first-order chi connectivity index (χ1) is 9.22. The zero-order valence-electron chi connectivity index (χ0n) is 11.4. The molecule has 2 aromatic rings. The van der Waals surface area contributed by atoms with Gasteiger partial charge in [0.2, 0.25) is 0 Å². The molecule has 0 amide bonds. The summed E-state index contributed by atoms with van der Waals surface area (Å²) in [6, 6.07) is 9.01. The number of nitrogens with one attached hydrogen (secondary N) is 1. The lowest BCUT2D eigenvalue weighted by Gasteiger charge is -2.19. The summed E-state index contributed by atoms with van der Waals surface area (Å²) in [5, 5.41) is 7.65. The van der Waals surface area contributed by atoms with E-state index in [1.165, 1.54) is 6.07 Å². The van der Waals surface area contributed by atoms with Crippen molar-refractivity contribution in [3.63, 3.8) is 0 Å². The van der Waals surface area contributed by atoms with Crippen molar-refractivity contribution in [3.8, 4) is 0 Å². The number of rotatable bonds is 6. The van der Waals surface area contributed by atoms with Crippen molar-refractivity contribution in [2.75, 3.05) is 6.54 Å². The molecule has 19 heavy (non-hydrogen) atoms. The number of hydrogen-bond acceptors (Lipinski definition) is 2. The minimum atomic E-state index is -0.145. The Balaban J connectivity index is 2.19. The van der Waals surface area contributed by atoms with Crippen LogP contribution in [0.5, 0.6) is 0 Å². The Kier molecular flexibility index (Phi) is 4.68. The van der Waals surface area contributed by atoms with Gasteiger partial charge in [0.05, 0.1) is 11.7 Å². The van der Waals surface area contributed by atoms with Crippen molar-refractivity contribution >= 4 is 0 Å². The van der Waals surface area contributed by atoms with Gasteiger partial charge in [0, 0.05) is 13.2 Å². The van der Waals surface area contributed by atoms with E-state index in [2.05, 4.69) is 17.3 Å². The van der Waals surface area contributed by atoms with Crippen LogP contribution in [-0.2, 0) is 13.5 Å². The van der Waals surface area contributed by atoms with Crippen molar-refractivity contribution in [3.05, 3.63) is 53.6 Å². The maximum atomic E-state index is 13.8. The standard InChI is InChI=1S/C15H20FN3/c1-3-9-17-14(15-8-10-18-19(15)2)11-12-6-4-5-7-13(12)16/h4-8,10,14,17H,3,9,11H2,1-2H3. The quantitative estimate of drug-likeness (QED) is 0.866. The second-order valence-electron chi connectivity index (χ2n) is 4.68. The number of nitrogens with zero attached hydrogens (tertiary/aromatic N) is 2. The number of aryl methyl sites for hydroxylation is 1. The zero-order chi connectivity index (χ0) is 13.7. The summed E-state index contributed by atoms with van der Waals surface area (Å²) < 4.78 is 15.6. The van der Waals surface area contributed by atoms with Gasteiger partial charge in [-0.05, 0) is 37.1 Å². The molecule has 0 saturated heterocycles. The van der Waals surface area contributed by atoms with E-state index in [1.54, 1.807) is 12.3 Å². The lowest BCUT2D eigenvalue weighted by atomic mass is 10.0. The molecule has 0 fully saturated rings. The van der Waals surface area contributed by atoms with Crippen molar-refractivity contribution in [2.45, 2.75) is 25.8 Å².